The molecule has 1 amide bonds. The highest BCUT2D eigenvalue weighted by atomic mass is 16.5. The molecule has 1 N–H and O–H groups in total. The fraction of sp³-hybridized carbons (Fsp3) is 0.160. The van der Waals surface area contributed by atoms with Crippen LogP contribution in [0.3, 0.4) is 0 Å². The molecule has 0 aromatic heterocycles. The summed E-state index contributed by atoms with van der Waals surface area (Å²) in [5.41, 5.74) is 4.06. The van der Waals surface area contributed by atoms with Crippen molar-refractivity contribution in [1.82, 2.24) is 5.43 Å². The van der Waals surface area contributed by atoms with Gasteiger partial charge in [0.05, 0.1) is 25.5 Å². The van der Waals surface area contributed by atoms with Crippen LogP contribution in [0.2, 0.25) is 0 Å². The zero-order valence-electron chi connectivity index (χ0n) is 17.9. The van der Waals surface area contributed by atoms with Gasteiger partial charge in [0.25, 0.3) is 5.91 Å². The summed E-state index contributed by atoms with van der Waals surface area (Å²) in [5, 5.41) is 3.96. The number of ether oxygens (including phenoxy) is 3. The van der Waals surface area contributed by atoms with Crippen molar-refractivity contribution in [3.8, 4) is 17.2 Å². The number of benzene rings is 3. The second-order valence-electron chi connectivity index (χ2n) is 6.76. The van der Waals surface area contributed by atoms with E-state index in [0.29, 0.717) is 35.0 Å². The minimum atomic E-state index is -0.459. The summed E-state index contributed by atoms with van der Waals surface area (Å²) >= 11 is 0. The lowest BCUT2D eigenvalue weighted by Crippen LogP contribution is -2.17. The van der Waals surface area contributed by atoms with Gasteiger partial charge in [-0.05, 0) is 78.7 Å². The maximum absolute atomic E-state index is 12.3. The normalized spacial score (nSPS) is 10.6. The predicted molar refractivity (Wildman–Crippen MR) is 122 cm³/mol. The molecule has 0 bridgehead atoms. The Bertz CT molecular complexity index is 1080. The molecule has 0 aliphatic carbocycles. The Kier molecular flexibility index (Phi) is 7.97. The van der Waals surface area contributed by atoms with Crippen LogP contribution in [-0.4, -0.2) is 31.8 Å². The molecule has 0 saturated heterocycles. The zero-order chi connectivity index (χ0) is 22.8. The van der Waals surface area contributed by atoms with Crippen molar-refractivity contribution in [1.29, 1.82) is 0 Å². The third-order valence-corrected chi connectivity index (χ3v) is 4.37. The Morgan fingerprint density at radius 3 is 2.31 bits per heavy atom. The van der Waals surface area contributed by atoms with Crippen LogP contribution >= 0.6 is 0 Å². The van der Waals surface area contributed by atoms with E-state index in [0.717, 1.165) is 12.0 Å². The van der Waals surface area contributed by atoms with Crippen LogP contribution in [0.5, 0.6) is 17.2 Å². The number of esters is 1. The topological polar surface area (TPSA) is 86.2 Å². The molecule has 0 heterocycles. The predicted octanol–water partition coefficient (Wildman–Crippen LogP) is 4.47. The Morgan fingerprint density at radius 2 is 1.62 bits per heavy atom. The van der Waals surface area contributed by atoms with Crippen LogP contribution in [0.15, 0.2) is 77.9 Å². The third kappa shape index (κ3) is 6.43. The number of hydrogen-bond acceptors (Lipinski definition) is 6. The zero-order valence-corrected chi connectivity index (χ0v) is 17.9. The summed E-state index contributed by atoms with van der Waals surface area (Å²) in [6.07, 6.45) is 2.41. The highest BCUT2D eigenvalue weighted by Gasteiger charge is 2.09. The number of nitrogens with zero attached hydrogens (tertiary/aromatic N) is 1. The summed E-state index contributed by atoms with van der Waals surface area (Å²) in [6.45, 7) is 2.66. The van der Waals surface area contributed by atoms with Gasteiger partial charge in [-0.2, -0.15) is 5.10 Å². The first kappa shape index (κ1) is 22.6. The van der Waals surface area contributed by atoms with Gasteiger partial charge in [0.1, 0.15) is 17.2 Å². The molecule has 32 heavy (non-hydrogen) atoms. The highest BCUT2D eigenvalue weighted by Crippen LogP contribution is 2.17. The number of carbonyl (C=O) groups excluding carboxylic acids is 2. The molecule has 0 fully saturated rings. The lowest BCUT2D eigenvalue weighted by molar-refractivity contribution is 0.0734. The average molecular weight is 432 g/mol. The molecule has 3 aromatic carbocycles. The Labute approximate surface area is 186 Å². The maximum atomic E-state index is 12.3. The quantitative estimate of drug-likeness (QED) is 0.233. The molecule has 0 aliphatic rings. The van der Waals surface area contributed by atoms with Gasteiger partial charge in [0.2, 0.25) is 0 Å². The number of rotatable bonds is 9. The van der Waals surface area contributed by atoms with Gasteiger partial charge in [-0.25, -0.2) is 10.2 Å². The summed E-state index contributed by atoms with van der Waals surface area (Å²) in [4.78, 5) is 24.4. The summed E-state index contributed by atoms with van der Waals surface area (Å²) < 4.78 is 16.0. The molecule has 0 spiro atoms. The van der Waals surface area contributed by atoms with E-state index >= 15 is 0 Å². The average Bonchev–Trinajstić information content (AvgIpc) is 2.84. The van der Waals surface area contributed by atoms with Crippen LogP contribution < -0.4 is 19.6 Å². The smallest absolute Gasteiger partial charge is 0.343 e. The molecule has 0 saturated carbocycles. The minimum absolute atomic E-state index is 0.350. The van der Waals surface area contributed by atoms with Gasteiger partial charge >= 0.3 is 5.97 Å². The number of nitrogens with one attached hydrogen (secondary N) is 1. The summed E-state index contributed by atoms with van der Waals surface area (Å²) in [5.74, 6) is 0.896. The standard InChI is InChI=1S/C25H24N2O5/c1-3-15-31-21-13-9-19(10-14-21)25(29)32-22-11-7-18(8-12-22)17-26-27-24(28)20-5-4-6-23(16-20)30-2/h4-14,16-17H,3,15H2,1-2H3,(H,27,28)/b26-17+. The van der Waals surface area contributed by atoms with E-state index < -0.39 is 5.97 Å². The molecule has 7 nitrogen and oxygen atoms in total. The Morgan fingerprint density at radius 1 is 0.906 bits per heavy atom. The molecule has 0 aliphatic heterocycles. The van der Waals surface area contributed by atoms with Crippen molar-refractivity contribution in [2.75, 3.05) is 13.7 Å². The fourth-order valence-corrected chi connectivity index (χ4v) is 2.69. The van der Waals surface area contributed by atoms with E-state index in [9.17, 15) is 9.59 Å². The minimum Gasteiger partial charge on any atom is -0.497 e. The van der Waals surface area contributed by atoms with Gasteiger partial charge in [0, 0.05) is 5.56 Å². The Balaban J connectivity index is 1.53. The third-order valence-electron chi connectivity index (χ3n) is 4.37. The van der Waals surface area contributed by atoms with Crippen LogP contribution in [0.1, 0.15) is 39.6 Å². The molecular formula is C25H24N2O5. The first-order chi connectivity index (χ1) is 15.6. The van der Waals surface area contributed by atoms with Gasteiger partial charge in [-0.15, -0.1) is 0 Å². The van der Waals surface area contributed by atoms with E-state index in [1.165, 1.54) is 13.3 Å². The summed E-state index contributed by atoms with van der Waals surface area (Å²) in [6, 6.07) is 20.4. The Hall–Kier alpha value is -4.13. The number of carbonyl (C=O) groups is 2. The van der Waals surface area contributed by atoms with Gasteiger partial charge in [-0.1, -0.05) is 13.0 Å². The van der Waals surface area contributed by atoms with E-state index in [4.69, 9.17) is 14.2 Å². The lowest BCUT2D eigenvalue weighted by Gasteiger charge is -2.07. The van der Waals surface area contributed by atoms with Crippen molar-refractivity contribution < 1.29 is 23.8 Å². The van der Waals surface area contributed by atoms with Crippen molar-refractivity contribution in [2.24, 2.45) is 5.10 Å². The van der Waals surface area contributed by atoms with E-state index in [1.807, 2.05) is 6.92 Å². The number of hydrogen-bond donors (Lipinski definition) is 1. The van der Waals surface area contributed by atoms with Gasteiger partial charge < -0.3 is 14.2 Å². The van der Waals surface area contributed by atoms with Gasteiger partial charge in [0.15, 0.2) is 0 Å². The molecular weight excluding hydrogens is 408 g/mol. The van der Waals surface area contributed by atoms with Crippen LogP contribution in [0.25, 0.3) is 0 Å². The molecule has 3 rings (SSSR count). The molecule has 7 heteroatoms. The van der Waals surface area contributed by atoms with Crippen molar-refractivity contribution >= 4 is 18.1 Å². The fourth-order valence-electron chi connectivity index (χ4n) is 2.69. The summed E-state index contributed by atoms with van der Waals surface area (Å²) in [7, 11) is 1.54. The molecule has 0 atom stereocenters. The van der Waals surface area contributed by atoms with Crippen molar-refractivity contribution in [2.45, 2.75) is 13.3 Å². The number of methoxy groups -OCH3 is 1. The van der Waals surface area contributed by atoms with Gasteiger partial charge in [-0.3, -0.25) is 4.79 Å². The van der Waals surface area contributed by atoms with E-state index in [1.54, 1.807) is 72.8 Å². The SMILES string of the molecule is CCCOc1ccc(C(=O)Oc2ccc(/C=N/NC(=O)c3cccc(OC)c3)cc2)cc1. The van der Waals surface area contributed by atoms with E-state index in [2.05, 4.69) is 10.5 Å². The second kappa shape index (κ2) is 11.3. The lowest BCUT2D eigenvalue weighted by atomic mass is 10.2. The largest absolute Gasteiger partial charge is 0.497 e. The second-order valence-corrected chi connectivity index (χ2v) is 6.76. The van der Waals surface area contributed by atoms with Crippen molar-refractivity contribution in [3.05, 3.63) is 89.5 Å². The molecule has 164 valence electrons. The molecule has 0 unspecified atom stereocenters. The number of hydrazone groups is 1. The molecule has 3 aromatic rings. The van der Waals surface area contributed by atoms with Crippen LogP contribution in [0, 0.1) is 0 Å². The van der Waals surface area contributed by atoms with Crippen LogP contribution in [-0.2, 0) is 0 Å². The maximum Gasteiger partial charge on any atom is 0.343 e. The highest BCUT2D eigenvalue weighted by molar-refractivity contribution is 5.95. The molecule has 0 radical (unpaired) electrons. The monoisotopic (exact) mass is 432 g/mol. The van der Waals surface area contributed by atoms with Crippen LogP contribution in [0.4, 0.5) is 0 Å². The first-order valence-electron chi connectivity index (χ1n) is 10.1. The first-order valence-corrected chi connectivity index (χ1v) is 10.1. The van der Waals surface area contributed by atoms with Crippen molar-refractivity contribution in [3.63, 3.8) is 0 Å². The van der Waals surface area contributed by atoms with E-state index in [-0.39, 0.29) is 5.91 Å². The number of amides is 1.